The van der Waals surface area contributed by atoms with Crippen LogP contribution in [0.5, 0.6) is 5.75 Å². The Hall–Kier alpha value is -3.86. The van der Waals surface area contributed by atoms with E-state index in [0.717, 1.165) is 0 Å². The number of phenolic OH excluding ortho intramolecular Hbond substituents is 1. The second-order valence-corrected chi connectivity index (χ2v) is 9.75. The van der Waals surface area contributed by atoms with Crippen LogP contribution in [-0.2, 0) is 25.6 Å². The first-order valence-electron chi connectivity index (χ1n) is 11.2. The van der Waals surface area contributed by atoms with Crippen molar-refractivity contribution >= 4 is 34.7 Å². The molecule has 0 saturated heterocycles. The third kappa shape index (κ3) is 3.00. The van der Waals surface area contributed by atoms with Crippen molar-refractivity contribution in [3.05, 3.63) is 29.5 Å². The monoisotopic (exact) mass is 480 g/mol. The molecule has 1 aromatic heterocycles. The molecule has 5 rings (SSSR count). The molecular formula is C24H24N4O7. The number of H-pyrrole nitrogens is 1. The number of fused-ring (bicyclic) bond motifs is 3. The van der Waals surface area contributed by atoms with E-state index in [4.69, 9.17) is 5.73 Å². The van der Waals surface area contributed by atoms with E-state index in [0.29, 0.717) is 22.5 Å². The van der Waals surface area contributed by atoms with Crippen LogP contribution in [0.15, 0.2) is 18.3 Å². The number of ketones is 4. The first kappa shape index (κ1) is 22.9. The van der Waals surface area contributed by atoms with Gasteiger partial charge in [0.05, 0.1) is 17.2 Å². The van der Waals surface area contributed by atoms with E-state index in [1.807, 2.05) is 0 Å². The number of amides is 1. The van der Waals surface area contributed by atoms with Gasteiger partial charge in [-0.25, -0.2) is 0 Å². The molecule has 11 nitrogen and oxygen atoms in total. The van der Waals surface area contributed by atoms with Crippen LogP contribution < -0.4 is 10.6 Å². The van der Waals surface area contributed by atoms with Crippen molar-refractivity contribution in [2.24, 2.45) is 29.4 Å². The first-order chi connectivity index (χ1) is 16.5. The zero-order valence-corrected chi connectivity index (χ0v) is 19.1. The molecule has 0 spiro atoms. The van der Waals surface area contributed by atoms with E-state index >= 15 is 0 Å². The molecule has 2 aromatic rings. The van der Waals surface area contributed by atoms with Gasteiger partial charge in [0.25, 0.3) is 0 Å². The minimum absolute atomic E-state index is 0.0526. The van der Waals surface area contributed by atoms with Crippen molar-refractivity contribution in [2.45, 2.75) is 24.9 Å². The fraction of sp³-hybridized carbons (Fsp3) is 0.417. The lowest BCUT2D eigenvalue weighted by Gasteiger charge is -2.48. The number of nitrogens with two attached hydrogens (primary N) is 1. The van der Waals surface area contributed by atoms with Gasteiger partial charge in [-0.3, -0.25) is 29.1 Å². The number of anilines is 1. The van der Waals surface area contributed by atoms with Crippen molar-refractivity contribution in [1.29, 1.82) is 0 Å². The predicted octanol–water partition coefficient (Wildman–Crippen LogP) is -0.217. The summed E-state index contributed by atoms with van der Waals surface area (Å²) in [4.78, 5) is 66.4. The number of nitrogens with one attached hydrogen (secondary N) is 1. The Balaban J connectivity index is 1.66. The number of aromatic hydroxyl groups is 1. The molecule has 5 N–H and O–H groups in total. The van der Waals surface area contributed by atoms with Crippen LogP contribution >= 0.6 is 0 Å². The van der Waals surface area contributed by atoms with Crippen molar-refractivity contribution in [3.8, 4) is 17.0 Å². The molecule has 3 aliphatic carbocycles. The Labute approximate surface area is 199 Å². The lowest BCUT2D eigenvalue weighted by molar-refractivity contribution is -0.175. The van der Waals surface area contributed by atoms with Crippen LogP contribution in [-0.4, -0.2) is 69.1 Å². The molecule has 2 unspecified atom stereocenters. The number of aromatic nitrogens is 2. The molecule has 182 valence electrons. The Morgan fingerprint density at radius 3 is 2.51 bits per heavy atom. The molecule has 1 aromatic carbocycles. The molecule has 3 aliphatic rings. The number of hydrogen-bond donors (Lipinski definition) is 4. The molecule has 5 atom stereocenters. The Kier molecular flexibility index (Phi) is 4.96. The normalized spacial score (nSPS) is 29.9. The van der Waals surface area contributed by atoms with Gasteiger partial charge in [-0.05, 0) is 36.5 Å². The van der Waals surface area contributed by atoms with Crippen molar-refractivity contribution < 1.29 is 34.2 Å². The predicted molar refractivity (Wildman–Crippen MR) is 120 cm³/mol. The highest BCUT2D eigenvalue weighted by atomic mass is 16.3. The van der Waals surface area contributed by atoms with E-state index in [-0.39, 0.29) is 30.6 Å². The molecular weight excluding hydrogens is 456 g/mol. The SMILES string of the molecule is CN(C)c1cc(-c2ccn[nH]2)c(O)c2c1C[C@H]1C[C@H]3CC(=O)C(C(N)=O)C(=O)[C@@]3(O)C(=O)C1C2=O. The average molecular weight is 480 g/mol. The van der Waals surface area contributed by atoms with E-state index in [1.165, 1.54) is 6.20 Å². The molecule has 1 amide bonds. The largest absolute Gasteiger partial charge is 0.506 e. The maximum atomic E-state index is 13.8. The number of Topliss-reactive ketones (excluding diaryl/α,β-unsaturated/α-hetero) is 4. The number of primary amides is 1. The fourth-order valence-electron chi connectivity index (χ4n) is 6.03. The van der Waals surface area contributed by atoms with Gasteiger partial charge in [-0.15, -0.1) is 0 Å². The topological polar surface area (TPSA) is 184 Å². The number of nitrogens with zero attached hydrogens (tertiary/aromatic N) is 2. The second-order valence-electron chi connectivity index (χ2n) is 9.75. The van der Waals surface area contributed by atoms with Crippen molar-refractivity contribution in [1.82, 2.24) is 10.2 Å². The first-order valence-corrected chi connectivity index (χ1v) is 11.2. The summed E-state index contributed by atoms with van der Waals surface area (Å²) < 4.78 is 0. The molecule has 2 fully saturated rings. The Bertz CT molecular complexity index is 1320. The van der Waals surface area contributed by atoms with Crippen LogP contribution in [0.3, 0.4) is 0 Å². The van der Waals surface area contributed by atoms with Crippen LogP contribution in [0, 0.1) is 23.7 Å². The minimum Gasteiger partial charge on any atom is -0.506 e. The Morgan fingerprint density at radius 1 is 1.20 bits per heavy atom. The zero-order chi connectivity index (χ0) is 25.4. The summed E-state index contributed by atoms with van der Waals surface area (Å²) in [5.74, 6) is -10.3. The Morgan fingerprint density at radius 2 is 1.91 bits per heavy atom. The van der Waals surface area contributed by atoms with Gasteiger partial charge in [-0.1, -0.05) is 0 Å². The van der Waals surface area contributed by atoms with Gasteiger partial charge < -0.3 is 20.8 Å². The number of aromatic amines is 1. The highest BCUT2D eigenvalue weighted by molar-refractivity contribution is 6.31. The summed E-state index contributed by atoms with van der Waals surface area (Å²) in [5, 5.41) is 29.1. The number of benzene rings is 1. The number of carbonyl (C=O) groups is 5. The summed E-state index contributed by atoms with van der Waals surface area (Å²) in [5.41, 5.74) is 4.47. The van der Waals surface area contributed by atoms with Crippen molar-refractivity contribution in [3.63, 3.8) is 0 Å². The smallest absolute Gasteiger partial charge is 0.235 e. The second kappa shape index (κ2) is 7.57. The summed E-state index contributed by atoms with van der Waals surface area (Å²) in [6, 6.07) is 3.35. The minimum atomic E-state index is -2.66. The number of carbonyl (C=O) groups excluding carboxylic acids is 5. The van der Waals surface area contributed by atoms with E-state index in [1.54, 1.807) is 31.1 Å². The molecule has 35 heavy (non-hydrogen) atoms. The van der Waals surface area contributed by atoms with Gasteiger partial charge in [0.15, 0.2) is 34.7 Å². The molecule has 0 radical (unpaired) electrons. The maximum Gasteiger partial charge on any atom is 0.235 e. The third-order valence-electron chi connectivity index (χ3n) is 7.65. The third-order valence-corrected chi connectivity index (χ3v) is 7.65. The van der Waals surface area contributed by atoms with E-state index in [2.05, 4.69) is 10.2 Å². The molecule has 11 heteroatoms. The molecule has 0 bridgehead atoms. The van der Waals surface area contributed by atoms with Gasteiger partial charge in [0, 0.05) is 43.9 Å². The zero-order valence-electron chi connectivity index (χ0n) is 19.1. The number of phenols is 1. The average Bonchev–Trinajstić information content (AvgIpc) is 3.30. The van der Waals surface area contributed by atoms with E-state index < -0.39 is 58.3 Å². The number of rotatable bonds is 3. The van der Waals surface area contributed by atoms with Gasteiger partial charge in [0.1, 0.15) is 5.75 Å². The maximum absolute atomic E-state index is 13.8. The summed E-state index contributed by atoms with van der Waals surface area (Å²) in [7, 11) is 3.57. The van der Waals surface area contributed by atoms with Crippen LogP contribution in [0.1, 0.15) is 28.8 Å². The summed E-state index contributed by atoms with van der Waals surface area (Å²) in [6.45, 7) is 0. The lowest BCUT2D eigenvalue weighted by Crippen LogP contribution is -2.68. The highest BCUT2D eigenvalue weighted by Gasteiger charge is 2.66. The standard InChI is InChI=1S/C24H24N4O7/c1-28(2)14-8-11(13-3-4-26-27-13)19(30)17-12(14)6-9-5-10-7-15(29)18(23(25)34)22(33)24(10,35)21(32)16(9)20(17)31/h3-4,8-10,16,18,30,35H,5-7H2,1-2H3,(H2,25,34)(H,26,27)/t9-,10+,16?,18?,24+/m1/s1. The van der Waals surface area contributed by atoms with Crippen LogP contribution in [0.2, 0.25) is 0 Å². The van der Waals surface area contributed by atoms with Gasteiger partial charge in [-0.2, -0.15) is 5.10 Å². The van der Waals surface area contributed by atoms with E-state index in [9.17, 15) is 34.2 Å². The number of hydrogen-bond acceptors (Lipinski definition) is 9. The highest BCUT2D eigenvalue weighted by Crippen LogP contribution is 2.52. The quantitative estimate of drug-likeness (QED) is 0.431. The molecule has 2 saturated carbocycles. The molecule has 1 heterocycles. The van der Waals surface area contributed by atoms with Crippen LogP contribution in [0.25, 0.3) is 11.3 Å². The summed E-state index contributed by atoms with van der Waals surface area (Å²) in [6.07, 6.45) is 1.40. The number of aliphatic hydroxyl groups is 1. The van der Waals surface area contributed by atoms with Crippen molar-refractivity contribution in [2.75, 3.05) is 19.0 Å². The lowest BCUT2D eigenvalue weighted by atomic mass is 9.53. The van der Waals surface area contributed by atoms with Gasteiger partial charge in [0.2, 0.25) is 5.91 Å². The summed E-state index contributed by atoms with van der Waals surface area (Å²) >= 11 is 0. The fourth-order valence-corrected chi connectivity index (χ4v) is 6.03. The van der Waals surface area contributed by atoms with Crippen LogP contribution in [0.4, 0.5) is 5.69 Å². The molecule has 0 aliphatic heterocycles. The van der Waals surface area contributed by atoms with Gasteiger partial charge >= 0.3 is 0 Å².